The number of aromatic nitrogens is 4. The van der Waals surface area contributed by atoms with Crippen LogP contribution in [-0.2, 0) is 25.7 Å². The number of carbonyl (C=O) groups is 4. The number of rotatable bonds is 13. The van der Waals surface area contributed by atoms with Crippen molar-refractivity contribution in [1.82, 2.24) is 40.4 Å². The summed E-state index contributed by atoms with van der Waals surface area (Å²) < 4.78 is 0. The van der Waals surface area contributed by atoms with E-state index in [1.165, 1.54) is 0 Å². The van der Waals surface area contributed by atoms with Gasteiger partial charge in [-0.15, -0.1) is 0 Å². The maximum absolute atomic E-state index is 13.2. The average molecular weight is 637 g/mol. The van der Waals surface area contributed by atoms with Gasteiger partial charge in [-0.25, -0.2) is 9.97 Å². The van der Waals surface area contributed by atoms with Crippen LogP contribution in [0.2, 0.25) is 0 Å². The molecule has 4 aromatic rings. The van der Waals surface area contributed by atoms with Crippen molar-refractivity contribution >= 4 is 35.7 Å². The van der Waals surface area contributed by atoms with Crippen molar-refractivity contribution in [2.24, 2.45) is 5.92 Å². The van der Waals surface area contributed by atoms with Gasteiger partial charge in [0.05, 0.1) is 42.1 Å². The maximum atomic E-state index is 13.2. The maximum Gasteiger partial charge on any atom is 0.245 e. The number of imidazole rings is 2. The molecular weight excluding hydrogens is 596 g/mol. The average Bonchev–Trinajstić information content (AvgIpc) is 3.84. The van der Waals surface area contributed by atoms with E-state index in [2.05, 4.69) is 42.4 Å². The van der Waals surface area contributed by atoms with Crippen LogP contribution in [0.1, 0.15) is 68.9 Å². The first-order valence-corrected chi connectivity index (χ1v) is 15.9. The number of nitrogens with zero attached hydrogens (tertiary/aromatic N) is 4. The van der Waals surface area contributed by atoms with Gasteiger partial charge in [0, 0.05) is 24.2 Å². The monoisotopic (exact) mass is 636 g/mol. The molecule has 1 unspecified atom stereocenters. The molecule has 5 rings (SSSR count). The Kier molecular flexibility index (Phi) is 10.7. The molecule has 4 N–H and O–H groups in total. The van der Waals surface area contributed by atoms with Crippen molar-refractivity contribution in [3.63, 3.8) is 0 Å². The third-order valence-electron chi connectivity index (χ3n) is 8.23. The Morgan fingerprint density at radius 3 is 2.57 bits per heavy atom. The SMILES string of the molecule is CCCN(Cc1nc2ccc(C#Cc3ccc(-c4cnc([C@@H]5CCCN5C(=O)CNC=O)[nH]4)cc3)cc2[nH]1)C(=O)C(NC=O)C(C)C. The molecule has 2 aromatic carbocycles. The number of carbonyl (C=O) groups excluding carboxylic acids is 4. The Morgan fingerprint density at radius 1 is 1.09 bits per heavy atom. The summed E-state index contributed by atoms with van der Waals surface area (Å²) in [6.45, 7) is 7.31. The lowest BCUT2D eigenvalue weighted by Crippen LogP contribution is -2.49. The molecule has 0 bridgehead atoms. The highest BCUT2D eigenvalue weighted by Gasteiger charge is 2.32. The van der Waals surface area contributed by atoms with Crippen molar-refractivity contribution in [2.75, 3.05) is 19.6 Å². The highest BCUT2D eigenvalue weighted by atomic mass is 16.2. The van der Waals surface area contributed by atoms with Crippen molar-refractivity contribution in [3.05, 3.63) is 71.4 Å². The smallest absolute Gasteiger partial charge is 0.245 e. The second-order valence-corrected chi connectivity index (χ2v) is 11.9. The summed E-state index contributed by atoms with van der Waals surface area (Å²) in [6.07, 6.45) is 5.37. The lowest BCUT2D eigenvalue weighted by atomic mass is 10.0. The standard InChI is InChI=1S/C35H40N8O4/c1-4-15-42(35(47)33(23(2)3)38-22-45)20-31-39-27-14-11-25(17-28(27)40-31)8-7-24-9-12-26(13-10-24)29-18-37-34(41-29)30-6-5-16-43(30)32(46)19-36-21-44/h9-14,17-18,21-23,30,33H,4-6,15-16,19-20H2,1-3H3,(H,36,44)(H,37,41)(H,38,45)(H,39,40)/t30-,33?/m0/s1. The van der Waals surface area contributed by atoms with Crippen molar-refractivity contribution < 1.29 is 19.2 Å². The number of benzene rings is 2. The highest BCUT2D eigenvalue weighted by Crippen LogP contribution is 2.31. The van der Waals surface area contributed by atoms with Crippen molar-refractivity contribution in [2.45, 2.75) is 58.7 Å². The molecule has 0 spiro atoms. The Morgan fingerprint density at radius 2 is 1.85 bits per heavy atom. The molecule has 2 aromatic heterocycles. The van der Waals surface area contributed by atoms with E-state index in [-0.39, 0.29) is 30.3 Å². The quantitative estimate of drug-likeness (QED) is 0.130. The second kappa shape index (κ2) is 15.2. The van der Waals surface area contributed by atoms with E-state index in [1.807, 2.05) is 63.2 Å². The minimum absolute atomic E-state index is 0.0198. The molecule has 0 radical (unpaired) electrons. The van der Waals surface area contributed by atoms with E-state index in [0.29, 0.717) is 38.3 Å². The lowest BCUT2D eigenvalue weighted by molar-refractivity contribution is -0.136. The molecule has 0 saturated carbocycles. The zero-order chi connectivity index (χ0) is 33.3. The fraction of sp³-hybridized carbons (Fsp3) is 0.371. The highest BCUT2D eigenvalue weighted by molar-refractivity contribution is 5.84. The molecular formula is C35H40N8O4. The second-order valence-electron chi connectivity index (χ2n) is 11.9. The first-order valence-electron chi connectivity index (χ1n) is 15.9. The molecule has 47 heavy (non-hydrogen) atoms. The predicted octanol–water partition coefficient (Wildman–Crippen LogP) is 3.27. The van der Waals surface area contributed by atoms with Crippen molar-refractivity contribution in [1.29, 1.82) is 0 Å². The van der Waals surface area contributed by atoms with Crippen LogP contribution < -0.4 is 10.6 Å². The van der Waals surface area contributed by atoms with Crippen LogP contribution in [0.25, 0.3) is 22.3 Å². The molecule has 2 atom stereocenters. The molecule has 1 aliphatic heterocycles. The normalized spacial score (nSPS) is 14.8. The van der Waals surface area contributed by atoms with Gasteiger partial charge >= 0.3 is 0 Å². The van der Waals surface area contributed by atoms with E-state index < -0.39 is 6.04 Å². The topological polar surface area (TPSA) is 156 Å². The van der Waals surface area contributed by atoms with Crippen LogP contribution in [0.4, 0.5) is 0 Å². The van der Waals surface area contributed by atoms with Crippen LogP contribution >= 0.6 is 0 Å². The summed E-state index contributed by atoms with van der Waals surface area (Å²) in [5.41, 5.74) is 5.10. The minimum Gasteiger partial charge on any atom is -0.350 e. The number of amides is 4. The lowest BCUT2D eigenvalue weighted by Gasteiger charge is -2.28. The van der Waals surface area contributed by atoms with Crippen LogP contribution in [0.15, 0.2) is 48.7 Å². The van der Waals surface area contributed by atoms with Crippen molar-refractivity contribution in [3.8, 4) is 23.1 Å². The van der Waals surface area contributed by atoms with E-state index in [1.54, 1.807) is 16.0 Å². The van der Waals surface area contributed by atoms with Crippen LogP contribution in [0.5, 0.6) is 0 Å². The Labute approximate surface area is 273 Å². The summed E-state index contributed by atoms with van der Waals surface area (Å²) in [5, 5.41) is 5.10. The molecule has 1 saturated heterocycles. The van der Waals surface area contributed by atoms with E-state index in [0.717, 1.165) is 58.5 Å². The van der Waals surface area contributed by atoms with E-state index in [4.69, 9.17) is 0 Å². The third-order valence-corrected chi connectivity index (χ3v) is 8.23. The minimum atomic E-state index is -0.588. The van der Waals surface area contributed by atoms with Gasteiger partial charge in [-0.1, -0.05) is 44.7 Å². The molecule has 3 heterocycles. The van der Waals surface area contributed by atoms with Gasteiger partial charge in [0.2, 0.25) is 24.6 Å². The Hall–Kier alpha value is -5.44. The Bertz CT molecular complexity index is 1780. The predicted molar refractivity (Wildman–Crippen MR) is 177 cm³/mol. The number of H-pyrrole nitrogens is 2. The first-order chi connectivity index (χ1) is 22.8. The van der Waals surface area contributed by atoms with Crippen LogP contribution in [0, 0.1) is 17.8 Å². The van der Waals surface area contributed by atoms with Gasteiger partial charge in [-0.2, -0.15) is 0 Å². The number of fused-ring (bicyclic) bond motifs is 1. The fourth-order valence-corrected chi connectivity index (χ4v) is 5.86. The number of hydrogen-bond acceptors (Lipinski definition) is 6. The fourth-order valence-electron chi connectivity index (χ4n) is 5.86. The summed E-state index contributed by atoms with van der Waals surface area (Å²) in [7, 11) is 0. The largest absolute Gasteiger partial charge is 0.350 e. The van der Waals surface area contributed by atoms with Gasteiger partial charge in [0.15, 0.2) is 0 Å². The number of nitrogens with one attached hydrogen (secondary N) is 4. The molecule has 12 nitrogen and oxygen atoms in total. The van der Waals surface area contributed by atoms with Gasteiger partial charge in [-0.3, -0.25) is 19.2 Å². The molecule has 12 heteroatoms. The van der Waals surface area contributed by atoms with Gasteiger partial charge < -0.3 is 30.4 Å². The summed E-state index contributed by atoms with van der Waals surface area (Å²) in [5.74, 6) is 7.56. The van der Waals surface area contributed by atoms with E-state index in [9.17, 15) is 19.2 Å². The van der Waals surface area contributed by atoms with Crippen LogP contribution in [-0.4, -0.2) is 80.0 Å². The first kappa shape index (κ1) is 32.9. The van der Waals surface area contributed by atoms with Crippen LogP contribution in [0.3, 0.4) is 0 Å². The van der Waals surface area contributed by atoms with Gasteiger partial charge in [0.25, 0.3) is 0 Å². The van der Waals surface area contributed by atoms with E-state index >= 15 is 0 Å². The number of aromatic amines is 2. The summed E-state index contributed by atoms with van der Waals surface area (Å²) >= 11 is 0. The molecule has 0 aliphatic carbocycles. The van der Waals surface area contributed by atoms with Gasteiger partial charge in [-0.05, 0) is 61.1 Å². The summed E-state index contributed by atoms with van der Waals surface area (Å²) in [6, 6.07) is 12.9. The molecule has 4 amide bonds. The molecule has 244 valence electrons. The zero-order valence-corrected chi connectivity index (χ0v) is 26.9. The molecule has 1 fully saturated rings. The third kappa shape index (κ3) is 7.87. The molecule has 1 aliphatic rings. The summed E-state index contributed by atoms with van der Waals surface area (Å²) in [4.78, 5) is 66.8. The zero-order valence-electron chi connectivity index (χ0n) is 26.9. The number of likely N-dealkylation sites (tertiary alicyclic amines) is 1. The Balaban J connectivity index is 1.25. The van der Waals surface area contributed by atoms with Gasteiger partial charge in [0.1, 0.15) is 17.7 Å². The number of hydrogen-bond donors (Lipinski definition) is 4.